The molecule has 0 saturated heterocycles. The van der Waals surface area contributed by atoms with Gasteiger partial charge in [0.1, 0.15) is 17.1 Å². The zero-order chi connectivity index (χ0) is 14.5. The number of allylic oxidation sites excluding steroid dienone is 2. The number of fused-ring (bicyclic) bond motifs is 3. The Hall–Kier alpha value is -1.44. The molecule has 0 amide bonds. The second-order valence-corrected chi connectivity index (χ2v) is 6.77. The minimum absolute atomic E-state index is 0.173. The fourth-order valence-corrected chi connectivity index (χ4v) is 3.78. The summed E-state index contributed by atoms with van der Waals surface area (Å²) in [5.41, 5.74) is 3.37. The van der Waals surface area contributed by atoms with Crippen LogP contribution in [0, 0.1) is 5.92 Å². The predicted octanol–water partition coefficient (Wildman–Crippen LogP) is 4.57. The Morgan fingerprint density at radius 1 is 1.35 bits per heavy atom. The molecule has 1 aliphatic heterocycles. The smallest absolute Gasteiger partial charge is 0.127 e. The molecule has 0 spiro atoms. The van der Waals surface area contributed by atoms with E-state index in [9.17, 15) is 5.11 Å². The van der Waals surface area contributed by atoms with Crippen LogP contribution in [-0.2, 0) is 6.42 Å². The van der Waals surface area contributed by atoms with E-state index in [1.165, 1.54) is 5.57 Å². The highest BCUT2D eigenvalue weighted by Gasteiger charge is 2.45. The molecule has 0 saturated carbocycles. The predicted molar refractivity (Wildman–Crippen MR) is 81.4 cm³/mol. The van der Waals surface area contributed by atoms with Crippen LogP contribution in [0.1, 0.15) is 57.6 Å². The van der Waals surface area contributed by atoms with Crippen molar-refractivity contribution in [3.63, 3.8) is 0 Å². The molecule has 1 unspecified atom stereocenters. The quantitative estimate of drug-likeness (QED) is 0.759. The fraction of sp³-hybridized carbons (Fsp3) is 0.556. The van der Waals surface area contributed by atoms with Crippen LogP contribution in [-0.4, -0.2) is 10.7 Å². The molecule has 2 nitrogen and oxygen atoms in total. The highest BCUT2D eigenvalue weighted by Crippen LogP contribution is 2.53. The third kappa shape index (κ3) is 2.02. The van der Waals surface area contributed by atoms with Crippen molar-refractivity contribution in [1.82, 2.24) is 0 Å². The van der Waals surface area contributed by atoms with Crippen LogP contribution in [0.2, 0.25) is 0 Å². The van der Waals surface area contributed by atoms with Gasteiger partial charge in [-0.25, -0.2) is 0 Å². The Bertz CT molecular complexity index is 569. The molecule has 108 valence electrons. The van der Waals surface area contributed by atoms with E-state index in [-0.39, 0.29) is 11.5 Å². The summed E-state index contributed by atoms with van der Waals surface area (Å²) < 4.78 is 6.26. The van der Waals surface area contributed by atoms with Gasteiger partial charge >= 0.3 is 0 Å². The lowest BCUT2D eigenvalue weighted by Gasteiger charge is -2.46. The van der Waals surface area contributed by atoms with Crippen molar-refractivity contribution >= 4 is 0 Å². The van der Waals surface area contributed by atoms with Gasteiger partial charge in [-0.2, -0.15) is 0 Å². The topological polar surface area (TPSA) is 29.5 Å². The van der Waals surface area contributed by atoms with E-state index in [1.807, 2.05) is 6.07 Å². The van der Waals surface area contributed by atoms with Crippen LogP contribution in [0.3, 0.4) is 0 Å². The molecule has 1 aliphatic carbocycles. The Kier molecular flexibility index (Phi) is 3.07. The van der Waals surface area contributed by atoms with Gasteiger partial charge in [0.2, 0.25) is 0 Å². The molecule has 2 atom stereocenters. The summed E-state index contributed by atoms with van der Waals surface area (Å²) in [5, 5.41) is 10.5. The molecule has 0 aromatic heterocycles. The Balaban J connectivity index is 2.18. The molecular formula is C18H24O2. The maximum Gasteiger partial charge on any atom is 0.127 e. The van der Waals surface area contributed by atoms with Gasteiger partial charge in [0, 0.05) is 17.4 Å². The van der Waals surface area contributed by atoms with E-state index in [0.717, 1.165) is 36.1 Å². The van der Waals surface area contributed by atoms with Gasteiger partial charge < -0.3 is 9.84 Å². The Morgan fingerprint density at radius 3 is 2.80 bits per heavy atom. The number of rotatable bonds is 1. The average molecular weight is 272 g/mol. The first-order valence-electron chi connectivity index (χ1n) is 7.64. The van der Waals surface area contributed by atoms with Crippen LogP contribution < -0.4 is 4.74 Å². The van der Waals surface area contributed by atoms with Crippen LogP contribution in [0.15, 0.2) is 23.8 Å². The van der Waals surface area contributed by atoms with Crippen molar-refractivity contribution in [3.05, 3.63) is 34.9 Å². The molecule has 2 heteroatoms. The SMILES string of the molecule is CCc1cc(O)c2c(c1)OC(C)(C)[C@H]1CCC(C)=CC21. The van der Waals surface area contributed by atoms with Crippen molar-refractivity contribution in [1.29, 1.82) is 0 Å². The van der Waals surface area contributed by atoms with Crippen LogP contribution >= 0.6 is 0 Å². The number of aromatic hydroxyl groups is 1. The van der Waals surface area contributed by atoms with Crippen molar-refractivity contribution in [2.24, 2.45) is 5.92 Å². The number of ether oxygens (including phenoxy) is 1. The summed E-state index contributed by atoms with van der Waals surface area (Å²) in [5.74, 6) is 2.00. The summed E-state index contributed by atoms with van der Waals surface area (Å²) >= 11 is 0. The number of benzene rings is 1. The van der Waals surface area contributed by atoms with Gasteiger partial charge in [0.05, 0.1) is 0 Å². The zero-order valence-electron chi connectivity index (χ0n) is 12.9. The van der Waals surface area contributed by atoms with Gasteiger partial charge in [0.15, 0.2) is 0 Å². The number of phenols is 1. The van der Waals surface area contributed by atoms with E-state index in [2.05, 4.69) is 39.8 Å². The largest absolute Gasteiger partial charge is 0.507 e. The maximum absolute atomic E-state index is 10.5. The van der Waals surface area contributed by atoms with Crippen LogP contribution in [0.25, 0.3) is 0 Å². The summed E-state index contributed by atoms with van der Waals surface area (Å²) in [6.07, 6.45) is 5.52. The minimum atomic E-state index is -0.173. The summed E-state index contributed by atoms with van der Waals surface area (Å²) in [7, 11) is 0. The van der Waals surface area contributed by atoms with Crippen molar-refractivity contribution in [2.75, 3.05) is 0 Å². The molecule has 1 heterocycles. The lowest BCUT2D eigenvalue weighted by Crippen LogP contribution is -2.45. The number of hydrogen-bond acceptors (Lipinski definition) is 2. The Labute approximate surface area is 121 Å². The molecule has 0 bridgehead atoms. The molecular weight excluding hydrogens is 248 g/mol. The third-order valence-corrected chi connectivity index (χ3v) is 4.93. The van der Waals surface area contributed by atoms with Crippen LogP contribution in [0.4, 0.5) is 0 Å². The molecule has 20 heavy (non-hydrogen) atoms. The summed E-state index contributed by atoms with van der Waals surface area (Å²) in [4.78, 5) is 0. The van der Waals surface area contributed by atoms with Gasteiger partial charge in [0.25, 0.3) is 0 Å². The third-order valence-electron chi connectivity index (χ3n) is 4.93. The molecule has 1 aromatic carbocycles. The zero-order valence-corrected chi connectivity index (χ0v) is 12.9. The Morgan fingerprint density at radius 2 is 2.10 bits per heavy atom. The van der Waals surface area contributed by atoms with Gasteiger partial charge in [-0.15, -0.1) is 0 Å². The first-order chi connectivity index (χ1) is 9.42. The van der Waals surface area contributed by atoms with Gasteiger partial charge in [-0.1, -0.05) is 18.6 Å². The lowest BCUT2D eigenvalue weighted by atomic mass is 9.68. The molecule has 0 radical (unpaired) electrons. The normalized spacial score (nSPS) is 27.1. The number of aryl methyl sites for hydroxylation is 1. The highest BCUT2D eigenvalue weighted by molar-refractivity contribution is 5.53. The monoisotopic (exact) mass is 272 g/mol. The number of phenolic OH excluding ortho intramolecular Hbond substituents is 1. The lowest BCUT2D eigenvalue weighted by molar-refractivity contribution is 0.0107. The van der Waals surface area contributed by atoms with Crippen LogP contribution in [0.5, 0.6) is 11.5 Å². The van der Waals surface area contributed by atoms with E-state index in [0.29, 0.717) is 11.7 Å². The van der Waals surface area contributed by atoms with Crippen molar-refractivity contribution in [3.8, 4) is 11.5 Å². The van der Waals surface area contributed by atoms with E-state index >= 15 is 0 Å². The van der Waals surface area contributed by atoms with E-state index in [4.69, 9.17) is 4.74 Å². The standard InChI is InChI=1S/C18H24O2/c1-5-12-9-15(19)17-13-8-11(2)6-7-14(13)18(3,4)20-16(17)10-12/h8-10,13-14,19H,5-7H2,1-4H3/t13?,14-/m0/s1. The number of hydrogen-bond donors (Lipinski definition) is 1. The van der Waals surface area contributed by atoms with Crippen molar-refractivity contribution < 1.29 is 9.84 Å². The first-order valence-corrected chi connectivity index (χ1v) is 7.64. The molecule has 3 rings (SSSR count). The molecule has 2 aliphatic rings. The highest BCUT2D eigenvalue weighted by atomic mass is 16.5. The second kappa shape index (κ2) is 4.54. The van der Waals surface area contributed by atoms with E-state index in [1.54, 1.807) is 0 Å². The van der Waals surface area contributed by atoms with Crippen molar-refractivity contribution in [2.45, 2.75) is 58.5 Å². The van der Waals surface area contributed by atoms with Gasteiger partial charge in [-0.3, -0.25) is 0 Å². The summed E-state index contributed by atoms with van der Waals surface area (Å²) in [6, 6.07) is 4.00. The molecule has 1 aromatic rings. The fourth-order valence-electron chi connectivity index (χ4n) is 3.78. The van der Waals surface area contributed by atoms with Gasteiger partial charge in [-0.05, 0) is 57.7 Å². The minimum Gasteiger partial charge on any atom is -0.507 e. The molecule has 1 N–H and O–H groups in total. The first kappa shape index (κ1) is 13.5. The second-order valence-electron chi connectivity index (χ2n) is 6.77. The van der Waals surface area contributed by atoms with E-state index < -0.39 is 0 Å². The average Bonchev–Trinajstić information content (AvgIpc) is 2.36. The maximum atomic E-state index is 10.5. The molecule has 0 fully saturated rings. The summed E-state index contributed by atoms with van der Waals surface area (Å²) in [6.45, 7) is 8.65.